The van der Waals surface area contributed by atoms with Crippen LogP contribution in [0.15, 0.2) is 17.5 Å². The molecule has 0 bridgehead atoms. The first-order valence-corrected chi connectivity index (χ1v) is 8.67. The Hall–Kier alpha value is -2.49. The zero-order chi connectivity index (χ0) is 19.1. The van der Waals surface area contributed by atoms with Crippen molar-refractivity contribution in [3.8, 4) is 0 Å². The van der Waals surface area contributed by atoms with Crippen molar-refractivity contribution in [2.24, 2.45) is 0 Å². The maximum absolute atomic E-state index is 12.8. The number of rotatable bonds is 4. The number of hydrogen-bond donors (Lipinski definition) is 1. The summed E-state index contributed by atoms with van der Waals surface area (Å²) >= 11 is 1.54. The van der Waals surface area contributed by atoms with E-state index in [1.807, 2.05) is 24.4 Å². The summed E-state index contributed by atoms with van der Waals surface area (Å²) in [6, 6.07) is 3.67. The molecule has 26 heavy (non-hydrogen) atoms. The predicted octanol–water partition coefficient (Wildman–Crippen LogP) is 3.24. The number of carbonyl (C=O) groups excluding carboxylic acids is 1. The molecule has 1 N–H and O–H groups in total. The Kier molecular flexibility index (Phi) is 4.70. The number of fused-ring (bicyclic) bond motifs is 1. The normalized spacial score (nSPS) is 13.2. The second-order valence-corrected chi connectivity index (χ2v) is 6.87. The molecule has 0 spiro atoms. The van der Waals surface area contributed by atoms with E-state index in [-0.39, 0.29) is 24.1 Å². The highest BCUT2D eigenvalue weighted by Gasteiger charge is 2.37. The summed E-state index contributed by atoms with van der Waals surface area (Å²) in [7, 11) is 0. The van der Waals surface area contributed by atoms with Crippen LogP contribution in [0.5, 0.6) is 0 Å². The number of amides is 1. The van der Waals surface area contributed by atoms with Gasteiger partial charge in [-0.3, -0.25) is 4.79 Å². The molecule has 3 heterocycles. The van der Waals surface area contributed by atoms with Gasteiger partial charge in [0.1, 0.15) is 0 Å². The molecule has 0 aliphatic heterocycles. The third kappa shape index (κ3) is 3.55. The van der Waals surface area contributed by atoms with Gasteiger partial charge in [-0.25, -0.2) is 9.50 Å². The van der Waals surface area contributed by atoms with Crippen molar-refractivity contribution in [1.82, 2.24) is 24.9 Å². The lowest BCUT2D eigenvalue weighted by atomic mass is 10.1. The third-order valence-corrected chi connectivity index (χ3v) is 5.04. The smallest absolute Gasteiger partial charge is 0.348 e. The van der Waals surface area contributed by atoms with Crippen LogP contribution in [-0.4, -0.2) is 25.5 Å². The van der Waals surface area contributed by atoms with Crippen LogP contribution < -0.4 is 5.32 Å². The van der Waals surface area contributed by atoms with Crippen LogP contribution in [0.2, 0.25) is 0 Å². The van der Waals surface area contributed by atoms with Gasteiger partial charge in [-0.1, -0.05) is 6.07 Å². The molecule has 1 atom stereocenters. The predicted molar refractivity (Wildman–Crippen MR) is 89.8 cm³/mol. The number of nitrogens with one attached hydrogen (secondary N) is 1. The minimum absolute atomic E-state index is 0.00245. The van der Waals surface area contributed by atoms with Gasteiger partial charge in [0.15, 0.2) is 0 Å². The summed E-state index contributed by atoms with van der Waals surface area (Å²) in [5.74, 6) is -1.63. The Bertz CT molecular complexity index is 949. The van der Waals surface area contributed by atoms with Gasteiger partial charge in [-0.15, -0.1) is 16.4 Å². The van der Waals surface area contributed by atoms with Crippen molar-refractivity contribution >= 4 is 23.0 Å². The van der Waals surface area contributed by atoms with Crippen molar-refractivity contribution in [2.45, 2.75) is 39.4 Å². The molecule has 10 heteroatoms. The van der Waals surface area contributed by atoms with E-state index in [4.69, 9.17) is 0 Å². The fourth-order valence-corrected chi connectivity index (χ4v) is 3.38. The molecular weight excluding hydrogens is 367 g/mol. The molecule has 0 unspecified atom stereocenters. The maximum Gasteiger partial charge on any atom is 0.453 e. The minimum Gasteiger partial charge on any atom is -0.348 e. The lowest BCUT2D eigenvalue weighted by molar-refractivity contribution is -0.144. The lowest BCUT2D eigenvalue weighted by Gasteiger charge is -2.14. The molecular formula is C16H16F3N5OS. The number of carbonyl (C=O) groups is 1. The van der Waals surface area contributed by atoms with Crippen LogP contribution in [0.1, 0.15) is 40.6 Å². The van der Waals surface area contributed by atoms with Gasteiger partial charge in [0.25, 0.3) is 11.6 Å². The Balaban J connectivity index is 1.86. The second kappa shape index (κ2) is 6.67. The number of alkyl halides is 3. The number of hydrogen-bond acceptors (Lipinski definition) is 5. The van der Waals surface area contributed by atoms with Crippen molar-refractivity contribution in [3.63, 3.8) is 0 Å². The second-order valence-electron chi connectivity index (χ2n) is 5.89. The molecule has 0 aliphatic rings. The fourth-order valence-electron chi connectivity index (χ4n) is 2.65. The van der Waals surface area contributed by atoms with Crippen LogP contribution in [-0.2, 0) is 17.4 Å². The average molecular weight is 383 g/mol. The maximum atomic E-state index is 12.8. The number of aryl methyl sites for hydroxylation is 2. The Morgan fingerprint density at radius 1 is 1.35 bits per heavy atom. The van der Waals surface area contributed by atoms with Gasteiger partial charge in [0.2, 0.25) is 5.91 Å². The first-order valence-electron chi connectivity index (χ1n) is 7.79. The molecule has 3 aromatic rings. The average Bonchev–Trinajstić information content (AvgIpc) is 3.20. The van der Waals surface area contributed by atoms with Crippen LogP contribution in [0.4, 0.5) is 13.2 Å². The molecule has 6 nitrogen and oxygen atoms in total. The van der Waals surface area contributed by atoms with E-state index in [9.17, 15) is 18.0 Å². The quantitative estimate of drug-likeness (QED) is 0.751. The van der Waals surface area contributed by atoms with E-state index in [0.29, 0.717) is 17.0 Å². The largest absolute Gasteiger partial charge is 0.453 e. The number of aromatic nitrogens is 4. The fraction of sp³-hybridized carbons (Fsp3) is 0.375. The van der Waals surface area contributed by atoms with Crippen LogP contribution in [0.25, 0.3) is 5.78 Å². The summed E-state index contributed by atoms with van der Waals surface area (Å²) in [4.78, 5) is 20.9. The van der Waals surface area contributed by atoms with E-state index in [2.05, 4.69) is 20.4 Å². The zero-order valence-corrected chi connectivity index (χ0v) is 15.1. The zero-order valence-electron chi connectivity index (χ0n) is 14.3. The number of halogens is 3. The van der Waals surface area contributed by atoms with Crippen molar-refractivity contribution < 1.29 is 18.0 Å². The summed E-state index contributed by atoms with van der Waals surface area (Å²) in [6.45, 7) is 5.11. The molecule has 0 saturated carbocycles. The van der Waals surface area contributed by atoms with E-state index >= 15 is 0 Å². The van der Waals surface area contributed by atoms with E-state index < -0.39 is 12.0 Å². The van der Waals surface area contributed by atoms with Gasteiger partial charge >= 0.3 is 6.18 Å². The van der Waals surface area contributed by atoms with Crippen molar-refractivity contribution in [2.75, 3.05) is 0 Å². The first kappa shape index (κ1) is 18.3. The molecule has 0 fully saturated rings. The Labute approximate surface area is 151 Å². The van der Waals surface area contributed by atoms with Crippen LogP contribution >= 0.6 is 11.3 Å². The first-order chi connectivity index (χ1) is 12.2. The SMILES string of the molecule is Cc1nc2nc(C(F)(F)F)nn2c(C)c1CC(=O)N[C@@H](C)c1cccs1. The summed E-state index contributed by atoms with van der Waals surface area (Å²) in [5.41, 5.74) is 1.40. The number of thiophene rings is 1. The molecule has 3 rings (SSSR count). The summed E-state index contributed by atoms with van der Waals surface area (Å²) in [5, 5.41) is 8.29. The third-order valence-electron chi connectivity index (χ3n) is 3.99. The molecule has 0 radical (unpaired) electrons. The highest BCUT2D eigenvalue weighted by molar-refractivity contribution is 7.10. The molecule has 0 saturated heterocycles. The van der Waals surface area contributed by atoms with Gasteiger partial charge in [-0.05, 0) is 32.2 Å². The molecule has 3 aromatic heterocycles. The van der Waals surface area contributed by atoms with Crippen molar-refractivity contribution in [3.05, 3.63) is 45.2 Å². The van der Waals surface area contributed by atoms with Crippen LogP contribution in [0.3, 0.4) is 0 Å². The summed E-state index contributed by atoms with van der Waals surface area (Å²) < 4.78 is 39.5. The molecule has 1 amide bonds. The van der Waals surface area contributed by atoms with E-state index in [1.54, 1.807) is 13.8 Å². The van der Waals surface area contributed by atoms with Crippen LogP contribution in [0, 0.1) is 13.8 Å². The molecule has 138 valence electrons. The van der Waals surface area contributed by atoms with Crippen molar-refractivity contribution in [1.29, 1.82) is 0 Å². The topological polar surface area (TPSA) is 72.2 Å². The van der Waals surface area contributed by atoms with E-state index in [0.717, 1.165) is 9.39 Å². The van der Waals surface area contributed by atoms with Gasteiger partial charge in [0.05, 0.1) is 12.5 Å². The molecule has 0 aliphatic carbocycles. The van der Waals surface area contributed by atoms with Gasteiger partial charge < -0.3 is 5.32 Å². The van der Waals surface area contributed by atoms with Gasteiger partial charge in [0, 0.05) is 21.8 Å². The van der Waals surface area contributed by atoms with E-state index in [1.165, 1.54) is 11.3 Å². The lowest BCUT2D eigenvalue weighted by Crippen LogP contribution is -2.28. The Morgan fingerprint density at radius 3 is 2.69 bits per heavy atom. The monoisotopic (exact) mass is 383 g/mol. The highest BCUT2D eigenvalue weighted by atomic mass is 32.1. The Morgan fingerprint density at radius 2 is 2.08 bits per heavy atom. The number of nitrogens with zero attached hydrogens (tertiary/aromatic N) is 4. The van der Waals surface area contributed by atoms with Gasteiger partial charge in [-0.2, -0.15) is 18.2 Å². The molecule has 0 aromatic carbocycles. The standard InChI is InChI=1S/C16H16F3N5OS/c1-8-11(7-13(25)20-9(2)12-5-4-6-26-12)10(3)24-15(21-8)22-14(23-24)16(17,18)19/h4-6,9H,7H2,1-3H3,(H,20,25)/t9-/m0/s1. The minimum atomic E-state index is -4.65. The highest BCUT2D eigenvalue weighted by Crippen LogP contribution is 2.27. The summed E-state index contributed by atoms with van der Waals surface area (Å²) in [6.07, 6.45) is -4.65.